The Bertz CT molecular complexity index is 528. The van der Waals surface area contributed by atoms with Crippen LogP contribution in [0, 0.1) is 0 Å². The molecule has 0 radical (unpaired) electrons. The fourth-order valence-electron chi connectivity index (χ4n) is 2.37. The SMILES string of the molecule is C=C[Si](C)(C=C)c1ccc(C(=O)OOC(C)CCCCCC)cc1. The van der Waals surface area contributed by atoms with Crippen LogP contribution in [0.4, 0.5) is 0 Å². The molecular weight excluding hydrogens is 316 g/mol. The minimum atomic E-state index is -1.85. The number of hydrogen-bond acceptors (Lipinski definition) is 3. The van der Waals surface area contributed by atoms with E-state index in [2.05, 4.69) is 26.6 Å². The summed E-state index contributed by atoms with van der Waals surface area (Å²) in [7, 11) is -1.85. The molecule has 0 saturated heterocycles. The standard InChI is InChI=1S/C20H30O3Si/c1-6-9-10-11-12-17(4)22-23-20(21)18-13-15-19(16-14-18)24(5,7-2)8-3/h7-8,13-17H,2-3,6,9-12H2,1,4-5H3. The molecule has 1 rings (SSSR count). The van der Waals surface area contributed by atoms with Crippen LogP contribution in [0.5, 0.6) is 0 Å². The molecule has 0 aliphatic rings. The van der Waals surface area contributed by atoms with E-state index in [4.69, 9.17) is 9.78 Å². The maximum absolute atomic E-state index is 12.0. The number of carbonyl (C=O) groups excluding carboxylic acids is 1. The van der Waals surface area contributed by atoms with E-state index in [0.29, 0.717) is 5.56 Å². The van der Waals surface area contributed by atoms with E-state index < -0.39 is 14.0 Å². The van der Waals surface area contributed by atoms with Crippen molar-refractivity contribution >= 4 is 19.2 Å². The molecule has 0 bridgehead atoms. The van der Waals surface area contributed by atoms with Crippen LogP contribution in [0.25, 0.3) is 0 Å². The number of carbonyl (C=O) groups is 1. The monoisotopic (exact) mass is 346 g/mol. The van der Waals surface area contributed by atoms with Gasteiger partial charge in [0, 0.05) is 0 Å². The highest BCUT2D eigenvalue weighted by atomic mass is 28.3. The lowest BCUT2D eigenvalue weighted by atomic mass is 10.1. The number of benzene rings is 1. The van der Waals surface area contributed by atoms with Gasteiger partial charge in [0.1, 0.15) is 14.2 Å². The molecule has 1 unspecified atom stereocenters. The maximum atomic E-state index is 12.0. The van der Waals surface area contributed by atoms with Crippen LogP contribution in [0.3, 0.4) is 0 Å². The van der Waals surface area contributed by atoms with Crippen LogP contribution in [-0.2, 0) is 9.78 Å². The van der Waals surface area contributed by atoms with Gasteiger partial charge in [-0.05, 0) is 25.5 Å². The van der Waals surface area contributed by atoms with Crippen molar-refractivity contribution in [3.05, 3.63) is 54.4 Å². The molecule has 0 N–H and O–H groups in total. The quantitative estimate of drug-likeness (QED) is 0.248. The van der Waals surface area contributed by atoms with Crippen LogP contribution >= 0.6 is 0 Å². The van der Waals surface area contributed by atoms with E-state index in [1.54, 1.807) is 12.1 Å². The smallest absolute Gasteiger partial charge is 0.293 e. The van der Waals surface area contributed by atoms with Gasteiger partial charge in [-0.15, -0.1) is 13.2 Å². The molecule has 4 heteroatoms. The summed E-state index contributed by atoms with van der Waals surface area (Å²) in [6.45, 7) is 14.1. The van der Waals surface area contributed by atoms with Gasteiger partial charge in [-0.1, -0.05) is 67.9 Å². The minimum Gasteiger partial charge on any atom is -0.293 e. The summed E-state index contributed by atoms with van der Waals surface area (Å²) in [5.74, 6) is -0.456. The van der Waals surface area contributed by atoms with Gasteiger partial charge >= 0.3 is 5.97 Å². The van der Waals surface area contributed by atoms with Crippen molar-refractivity contribution < 1.29 is 14.6 Å². The van der Waals surface area contributed by atoms with Crippen LogP contribution in [0.1, 0.15) is 56.3 Å². The van der Waals surface area contributed by atoms with E-state index >= 15 is 0 Å². The zero-order valence-electron chi connectivity index (χ0n) is 15.2. The highest BCUT2D eigenvalue weighted by Crippen LogP contribution is 2.11. The fourth-order valence-corrected chi connectivity index (χ4v) is 3.89. The highest BCUT2D eigenvalue weighted by molar-refractivity contribution is 6.98. The third kappa shape index (κ3) is 6.10. The molecule has 24 heavy (non-hydrogen) atoms. The predicted octanol–water partition coefficient (Wildman–Crippen LogP) is 4.87. The van der Waals surface area contributed by atoms with Crippen LogP contribution in [0.2, 0.25) is 6.55 Å². The van der Waals surface area contributed by atoms with Gasteiger partial charge in [-0.3, -0.25) is 4.89 Å². The third-order valence-corrected chi connectivity index (χ3v) is 7.62. The van der Waals surface area contributed by atoms with Gasteiger partial charge < -0.3 is 0 Å². The summed E-state index contributed by atoms with van der Waals surface area (Å²) in [5, 5.41) is 1.16. The van der Waals surface area contributed by atoms with Gasteiger partial charge in [-0.2, -0.15) is 4.89 Å². The average Bonchev–Trinajstić information content (AvgIpc) is 2.62. The molecular formula is C20H30O3Si. The fraction of sp³-hybridized carbons (Fsp3) is 0.450. The lowest BCUT2D eigenvalue weighted by Gasteiger charge is -2.19. The molecule has 0 aliphatic heterocycles. The normalized spacial score (nSPS) is 12.5. The van der Waals surface area contributed by atoms with Crippen LogP contribution < -0.4 is 5.19 Å². The lowest BCUT2D eigenvalue weighted by molar-refractivity contribution is -0.271. The van der Waals surface area contributed by atoms with E-state index in [1.165, 1.54) is 19.3 Å². The Morgan fingerprint density at radius 2 is 1.79 bits per heavy atom. The highest BCUT2D eigenvalue weighted by Gasteiger charge is 2.22. The third-order valence-electron chi connectivity index (χ3n) is 4.34. The Kier molecular flexibility index (Phi) is 8.72. The largest absolute Gasteiger partial charge is 0.373 e. The molecule has 0 spiro atoms. The van der Waals surface area contributed by atoms with Gasteiger partial charge in [0.05, 0.1) is 5.56 Å². The topological polar surface area (TPSA) is 35.5 Å². The molecule has 0 aromatic heterocycles. The van der Waals surface area contributed by atoms with Gasteiger partial charge in [0.2, 0.25) is 0 Å². The van der Waals surface area contributed by atoms with Crippen molar-refractivity contribution in [1.82, 2.24) is 0 Å². The Morgan fingerprint density at radius 3 is 2.33 bits per heavy atom. The first kappa shape index (κ1) is 20.4. The van der Waals surface area contributed by atoms with Crippen LogP contribution in [-0.4, -0.2) is 20.1 Å². The predicted molar refractivity (Wildman–Crippen MR) is 103 cm³/mol. The number of rotatable bonds is 11. The van der Waals surface area contributed by atoms with E-state index in [0.717, 1.165) is 18.0 Å². The first-order valence-electron chi connectivity index (χ1n) is 8.72. The molecule has 132 valence electrons. The second-order valence-corrected chi connectivity index (χ2v) is 10.4. The summed E-state index contributed by atoms with van der Waals surface area (Å²) in [5.41, 5.74) is 4.43. The van der Waals surface area contributed by atoms with Crippen molar-refractivity contribution in [1.29, 1.82) is 0 Å². The molecule has 0 aliphatic carbocycles. The summed E-state index contributed by atoms with van der Waals surface area (Å²) >= 11 is 0. The number of unbranched alkanes of at least 4 members (excludes halogenated alkanes) is 3. The molecule has 0 fully saturated rings. The van der Waals surface area contributed by atoms with E-state index in [9.17, 15) is 4.79 Å². The Balaban J connectivity index is 2.51. The summed E-state index contributed by atoms with van der Waals surface area (Å²) in [4.78, 5) is 22.2. The van der Waals surface area contributed by atoms with Gasteiger partial charge in [-0.25, -0.2) is 4.79 Å². The molecule has 1 aromatic carbocycles. The zero-order chi connectivity index (χ0) is 18.0. The van der Waals surface area contributed by atoms with E-state index in [1.807, 2.05) is 30.5 Å². The molecule has 0 heterocycles. The first-order chi connectivity index (χ1) is 11.5. The Hall–Kier alpha value is -1.65. The Morgan fingerprint density at radius 1 is 1.17 bits per heavy atom. The molecule has 0 saturated carbocycles. The summed E-state index contributed by atoms with van der Waals surface area (Å²) in [6, 6.07) is 7.43. The van der Waals surface area contributed by atoms with Crippen molar-refractivity contribution in [2.45, 2.75) is 58.6 Å². The van der Waals surface area contributed by atoms with Gasteiger partial charge in [0.25, 0.3) is 0 Å². The van der Waals surface area contributed by atoms with E-state index in [-0.39, 0.29) is 6.10 Å². The van der Waals surface area contributed by atoms with Crippen molar-refractivity contribution in [2.24, 2.45) is 0 Å². The lowest BCUT2D eigenvalue weighted by Crippen LogP contribution is -2.40. The zero-order valence-corrected chi connectivity index (χ0v) is 16.2. The molecule has 1 atom stereocenters. The van der Waals surface area contributed by atoms with Crippen molar-refractivity contribution in [2.75, 3.05) is 0 Å². The van der Waals surface area contributed by atoms with Crippen molar-refractivity contribution in [3.63, 3.8) is 0 Å². The van der Waals surface area contributed by atoms with Crippen LogP contribution in [0.15, 0.2) is 48.8 Å². The maximum Gasteiger partial charge on any atom is 0.373 e. The molecule has 3 nitrogen and oxygen atoms in total. The van der Waals surface area contributed by atoms with Gasteiger partial charge in [0.15, 0.2) is 0 Å². The minimum absolute atomic E-state index is 0.0812. The first-order valence-corrected chi connectivity index (χ1v) is 11.4. The van der Waals surface area contributed by atoms with Crippen molar-refractivity contribution in [3.8, 4) is 0 Å². The average molecular weight is 347 g/mol. The summed E-state index contributed by atoms with van der Waals surface area (Å²) in [6.07, 6.45) is 5.54. The molecule has 1 aromatic rings. The summed E-state index contributed by atoms with van der Waals surface area (Å²) < 4.78 is 0. The Labute approximate surface area is 147 Å². The second-order valence-electron chi connectivity index (χ2n) is 6.40. The second kappa shape index (κ2) is 10.3. The molecule has 0 amide bonds. The number of hydrogen-bond donors (Lipinski definition) is 0.